The summed E-state index contributed by atoms with van der Waals surface area (Å²) in [6.07, 6.45) is -0.635. The number of methoxy groups -OCH3 is 2. The lowest BCUT2D eigenvalue weighted by molar-refractivity contribution is -0.140. The second-order valence-corrected chi connectivity index (χ2v) is 3.43. The van der Waals surface area contributed by atoms with E-state index >= 15 is 0 Å². The number of ether oxygens (including phenoxy) is 2. The molecule has 0 aromatic heterocycles. The van der Waals surface area contributed by atoms with Crippen LogP contribution in [-0.4, -0.2) is 63.5 Å². The molecule has 1 unspecified atom stereocenters. The van der Waals surface area contributed by atoms with Gasteiger partial charge in [-0.3, -0.25) is 9.59 Å². The van der Waals surface area contributed by atoms with Gasteiger partial charge in [0.1, 0.15) is 0 Å². The molecule has 17 heavy (non-hydrogen) atoms. The van der Waals surface area contributed by atoms with Crippen molar-refractivity contribution in [2.75, 3.05) is 40.5 Å². The minimum Gasteiger partial charge on any atom is -0.481 e. The molecule has 0 heterocycles. The Kier molecular flexibility index (Phi) is 9.31. The van der Waals surface area contributed by atoms with E-state index in [0.29, 0.717) is 13.2 Å². The summed E-state index contributed by atoms with van der Waals surface area (Å²) in [7, 11) is 2.99. The smallest absolute Gasteiger partial charge is 0.306 e. The van der Waals surface area contributed by atoms with Crippen LogP contribution in [0.2, 0.25) is 0 Å². The topological polar surface area (TPSA) is 96.9 Å². The maximum atomic E-state index is 11.3. The Hall–Kier alpha value is -1.18. The molecule has 0 aliphatic rings. The summed E-state index contributed by atoms with van der Waals surface area (Å²) in [5.41, 5.74) is 0. The summed E-state index contributed by atoms with van der Waals surface area (Å²) in [6, 6.07) is 0. The summed E-state index contributed by atoms with van der Waals surface area (Å²) >= 11 is 0. The van der Waals surface area contributed by atoms with E-state index in [-0.39, 0.29) is 25.4 Å². The van der Waals surface area contributed by atoms with Gasteiger partial charge in [0.25, 0.3) is 0 Å². The first-order chi connectivity index (χ1) is 8.10. The summed E-state index contributed by atoms with van der Waals surface area (Å²) in [5, 5.41) is 14.0. The van der Waals surface area contributed by atoms with Crippen molar-refractivity contribution < 1.29 is 24.2 Å². The van der Waals surface area contributed by atoms with Crippen LogP contribution in [-0.2, 0) is 19.1 Å². The van der Waals surface area contributed by atoms with Crippen molar-refractivity contribution in [1.82, 2.24) is 10.6 Å². The van der Waals surface area contributed by atoms with Gasteiger partial charge in [-0.05, 0) is 0 Å². The summed E-state index contributed by atoms with van der Waals surface area (Å²) in [4.78, 5) is 21.7. The number of hydrogen-bond donors (Lipinski definition) is 3. The largest absolute Gasteiger partial charge is 0.481 e. The first-order valence-electron chi connectivity index (χ1n) is 5.31. The third kappa shape index (κ3) is 9.73. The Morgan fingerprint density at radius 1 is 1.35 bits per heavy atom. The second-order valence-electron chi connectivity index (χ2n) is 3.43. The zero-order chi connectivity index (χ0) is 13.1. The number of amides is 1. The molecule has 7 nitrogen and oxygen atoms in total. The average molecular weight is 248 g/mol. The number of carbonyl (C=O) groups is 2. The Morgan fingerprint density at radius 3 is 2.59 bits per heavy atom. The van der Waals surface area contributed by atoms with Crippen LogP contribution in [0.15, 0.2) is 0 Å². The fourth-order valence-electron chi connectivity index (χ4n) is 1.10. The Bertz CT molecular complexity index is 235. The van der Waals surface area contributed by atoms with Gasteiger partial charge in [-0.15, -0.1) is 0 Å². The molecule has 0 aromatic rings. The Morgan fingerprint density at radius 2 is 2.06 bits per heavy atom. The van der Waals surface area contributed by atoms with Crippen molar-refractivity contribution >= 4 is 11.9 Å². The molecule has 0 radical (unpaired) electrons. The van der Waals surface area contributed by atoms with E-state index in [9.17, 15) is 9.59 Å². The van der Waals surface area contributed by atoms with Gasteiger partial charge >= 0.3 is 5.97 Å². The van der Waals surface area contributed by atoms with E-state index in [1.54, 1.807) is 7.11 Å². The van der Waals surface area contributed by atoms with E-state index in [1.165, 1.54) is 7.11 Å². The number of carboxylic acid groups (broad SMARTS) is 1. The van der Waals surface area contributed by atoms with Crippen molar-refractivity contribution in [1.29, 1.82) is 0 Å². The molecular formula is C10H20N2O5. The number of rotatable bonds is 10. The molecule has 3 N–H and O–H groups in total. The summed E-state index contributed by atoms with van der Waals surface area (Å²) in [6.45, 7) is 1.49. The Labute approximate surface area is 100 Å². The predicted octanol–water partition coefficient (Wildman–Crippen LogP) is -1.17. The van der Waals surface area contributed by atoms with Crippen LogP contribution < -0.4 is 10.6 Å². The highest BCUT2D eigenvalue weighted by Gasteiger charge is 2.13. The number of carbonyl (C=O) groups excluding carboxylic acids is 1. The van der Waals surface area contributed by atoms with Crippen LogP contribution >= 0.6 is 0 Å². The van der Waals surface area contributed by atoms with Crippen molar-refractivity contribution in [2.45, 2.75) is 12.5 Å². The van der Waals surface area contributed by atoms with Crippen LogP contribution in [0.5, 0.6) is 0 Å². The van der Waals surface area contributed by atoms with Crippen molar-refractivity contribution in [3.63, 3.8) is 0 Å². The lowest BCUT2D eigenvalue weighted by Crippen LogP contribution is -2.40. The van der Waals surface area contributed by atoms with Gasteiger partial charge in [0.05, 0.1) is 25.7 Å². The van der Waals surface area contributed by atoms with Crippen LogP contribution in [0.25, 0.3) is 0 Å². The first kappa shape index (κ1) is 15.8. The van der Waals surface area contributed by atoms with Crippen molar-refractivity contribution in [3.8, 4) is 0 Å². The molecule has 0 fully saturated rings. The van der Waals surface area contributed by atoms with Crippen LogP contribution in [0, 0.1) is 0 Å². The molecule has 0 spiro atoms. The molecule has 100 valence electrons. The maximum absolute atomic E-state index is 11.3. The fraction of sp³-hybridized carbons (Fsp3) is 0.800. The van der Waals surface area contributed by atoms with Gasteiger partial charge in [-0.25, -0.2) is 0 Å². The van der Waals surface area contributed by atoms with Gasteiger partial charge in [0.2, 0.25) is 5.91 Å². The number of hydrogen-bond acceptors (Lipinski definition) is 5. The molecule has 0 saturated heterocycles. The SMILES string of the molecule is COCCNCC(=O)NCC(CC(=O)O)OC. The zero-order valence-corrected chi connectivity index (χ0v) is 10.2. The maximum Gasteiger partial charge on any atom is 0.306 e. The van der Waals surface area contributed by atoms with Gasteiger partial charge < -0.3 is 25.2 Å². The predicted molar refractivity (Wildman–Crippen MR) is 60.8 cm³/mol. The van der Waals surface area contributed by atoms with Crippen LogP contribution in [0.1, 0.15) is 6.42 Å². The standard InChI is InChI=1S/C10H20N2O5/c1-16-4-3-11-7-9(13)12-6-8(17-2)5-10(14)15/h8,11H,3-7H2,1-2H3,(H,12,13)(H,14,15). The van der Waals surface area contributed by atoms with E-state index < -0.39 is 12.1 Å². The van der Waals surface area contributed by atoms with Gasteiger partial charge in [0, 0.05) is 27.3 Å². The minimum atomic E-state index is -0.954. The highest BCUT2D eigenvalue weighted by molar-refractivity contribution is 5.78. The number of nitrogens with one attached hydrogen (secondary N) is 2. The van der Waals surface area contributed by atoms with Gasteiger partial charge in [0.15, 0.2) is 0 Å². The highest BCUT2D eigenvalue weighted by atomic mass is 16.5. The van der Waals surface area contributed by atoms with E-state index in [2.05, 4.69) is 10.6 Å². The normalized spacial score (nSPS) is 12.1. The third-order valence-electron chi connectivity index (χ3n) is 2.03. The molecular weight excluding hydrogens is 228 g/mol. The molecule has 0 aromatic carbocycles. The van der Waals surface area contributed by atoms with E-state index in [4.69, 9.17) is 14.6 Å². The second kappa shape index (κ2) is 10.0. The quantitative estimate of drug-likeness (QED) is 0.421. The molecule has 0 aliphatic carbocycles. The van der Waals surface area contributed by atoms with Crippen molar-refractivity contribution in [3.05, 3.63) is 0 Å². The van der Waals surface area contributed by atoms with E-state index in [0.717, 1.165) is 0 Å². The lowest BCUT2D eigenvalue weighted by Gasteiger charge is -2.14. The zero-order valence-electron chi connectivity index (χ0n) is 10.2. The number of carboxylic acids is 1. The molecule has 7 heteroatoms. The third-order valence-corrected chi connectivity index (χ3v) is 2.03. The van der Waals surface area contributed by atoms with Crippen LogP contribution in [0.3, 0.4) is 0 Å². The van der Waals surface area contributed by atoms with Gasteiger partial charge in [-0.2, -0.15) is 0 Å². The summed E-state index contributed by atoms with van der Waals surface area (Å²) < 4.78 is 9.72. The number of aliphatic carboxylic acids is 1. The fourth-order valence-corrected chi connectivity index (χ4v) is 1.10. The highest BCUT2D eigenvalue weighted by Crippen LogP contribution is 1.94. The van der Waals surface area contributed by atoms with Crippen LogP contribution in [0.4, 0.5) is 0 Å². The molecule has 1 amide bonds. The molecule has 1 atom stereocenters. The molecule has 0 rings (SSSR count). The molecule has 0 saturated carbocycles. The van der Waals surface area contributed by atoms with Gasteiger partial charge in [-0.1, -0.05) is 0 Å². The van der Waals surface area contributed by atoms with Crippen molar-refractivity contribution in [2.24, 2.45) is 0 Å². The molecule has 0 aliphatic heterocycles. The average Bonchev–Trinajstić information content (AvgIpc) is 2.29. The Balaban J connectivity index is 3.62. The summed E-state index contributed by atoms with van der Waals surface area (Å²) in [5.74, 6) is -1.15. The monoisotopic (exact) mass is 248 g/mol. The van der Waals surface area contributed by atoms with E-state index in [1.807, 2.05) is 0 Å². The lowest BCUT2D eigenvalue weighted by atomic mass is 10.2. The molecule has 0 bridgehead atoms. The first-order valence-corrected chi connectivity index (χ1v) is 5.31. The minimum absolute atomic E-state index is 0.131.